The van der Waals surface area contributed by atoms with Gasteiger partial charge in [0, 0.05) is 19.5 Å². The third kappa shape index (κ3) is 3.38. The largest absolute Gasteiger partial charge is 0.349 e. The molecule has 4 rings (SSSR count). The number of benzene rings is 2. The molecule has 1 N–H and O–H groups in total. The number of carbonyl (C=O) groups excluding carboxylic acids is 2. The number of para-hydroxylation sites is 4. The maximum Gasteiger partial charge on any atom is 0.246 e. The molecule has 3 aromatic rings. The van der Waals surface area contributed by atoms with Crippen molar-refractivity contribution < 1.29 is 9.59 Å². The Kier molecular flexibility index (Phi) is 4.65. The summed E-state index contributed by atoms with van der Waals surface area (Å²) in [5.74, 6) is 0.426. The number of amides is 2. The van der Waals surface area contributed by atoms with Gasteiger partial charge in [0.2, 0.25) is 11.8 Å². The average Bonchev–Trinajstić information content (AvgIpc) is 2.81. The first-order valence-corrected chi connectivity index (χ1v) is 9.17. The zero-order valence-corrected chi connectivity index (χ0v) is 15.8. The summed E-state index contributed by atoms with van der Waals surface area (Å²) in [6.07, 6.45) is 1.92. The van der Waals surface area contributed by atoms with E-state index in [4.69, 9.17) is 0 Å². The average molecular weight is 375 g/mol. The summed E-state index contributed by atoms with van der Waals surface area (Å²) in [6.45, 7) is 2.01. The molecule has 2 aromatic carbocycles. The van der Waals surface area contributed by atoms with Crippen molar-refractivity contribution in [3.05, 3.63) is 54.7 Å². The van der Waals surface area contributed by atoms with Crippen LogP contribution < -0.4 is 15.1 Å². The SMILES string of the molecule is CC1CC(=O)Nc2ccccc2N1C(=O)CN(C)c1cnc2ccccc2n1. The van der Waals surface area contributed by atoms with Gasteiger partial charge in [-0.2, -0.15) is 0 Å². The Hall–Kier alpha value is -3.48. The van der Waals surface area contributed by atoms with Gasteiger partial charge in [0.25, 0.3) is 0 Å². The van der Waals surface area contributed by atoms with Crippen molar-refractivity contribution >= 4 is 40.0 Å². The fourth-order valence-electron chi connectivity index (χ4n) is 3.46. The van der Waals surface area contributed by atoms with Gasteiger partial charge in [-0.25, -0.2) is 4.98 Å². The highest BCUT2D eigenvalue weighted by Gasteiger charge is 2.30. The summed E-state index contributed by atoms with van der Waals surface area (Å²) in [5, 5.41) is 2.87. The summed E-state index contributed by atoms with van der Waals surface area (Å²) in [7, 11) is 1.81. The van der Waals surface area contributed by atoms with Crippen molar-refractivity contribution in [3.63, 3.8) is 0 Å². The normalized spacial score (nSPS) is 16.3. The van der Waals surface area contributed by atoms with E-state index in [2.05, 4.69) is 15.3 Å². The number of hydrogen-bond acceptors (Lipinski definition) is 5. The first kappa shape index (κ1) is 17.9. The van der Waals surface area contributed by atoms with Crippen LogP contribution in [0.4, 0.5) is 17.2 Å². The molecule has 0 spiro atoms. The monoisotopic (exact) mass is 375 g/mol. The number of likely N-dealkylation sites (N-methyl/N-ethyl adjacent to an activating group) is 1. The van der Waals surface area contributed by atoms with Crippen LogP contribution in [0.1, 0.15) is 13.3 Å². The van der Waals surface area contributed by atoms with Crippen molar-refractivity contribution in [1.29, 1.82) is 0 Å². The Labute approximate surface area is 163 Å². The van der Waals surface area contributed by atoms with Crippen molar-refractivity contribution in [1.82, 2.24) is 9.97 Å². The molecule has 2 amide bonds. The molecule has 7 heteroatoms. The molecule has 1 aromatic heterocycles. The molecule has 0 saturated carbocycles. The topological polar surface area (TPSA) is 78.4 Å². The van der Waals surface area contributed by atoms with Gasteiger partial charge in [0.05, 0.1) is 35.1 Å². The number of rotatable bonds is 3. The minimum Gasteiger partial charge on any atom is -0.349 e. The first-order chi connectivity index (χ1) is 13.5. The molecule has 2 heterocycles. The van der Waals surface area contributed by atoms with Gasteiger partial charge in [0.1, 0.15) is 5.82 Å². The molecule has 0 saturated heterocycles. The number of fused-ring (bicyclic) bond motifs is 2. The van der Waals surface area contributed by atoms with Crippen LogP contribution in [0.2, 0.25) is 0 Å². The Morgan fingerprint density at radius 2 is 1.89 bits per heavy atom. The quantitative estimate of drug-likeness (QED) is 0.762. The van der Waals surface area contributed by atoms with Crippen molar-refractivity contribution in [2.45, 2.75) is 19.4 Å². The number of nitrogens with zero attached hydrogens (tertiary/aromatic N) is 4. The second-order valence-corrected chi connectivity index (χ2v) is 6.96. The summed E-state index contributed by atoms with van der Waals surface area (Å²) in [5.41, 5.74) is 2.95. The number of anilines is 3. The lowest BCUT2D eigenvalue weighted by Gasteiger charge is -2.30. The Balaban J connectivity index is 1.60. The van der Waals surface area contributed by atoms with Crippen LogP contribution in [0.15, 0.2) is 54.7 Å². The summed E-state index contributed by atoms with van der Waals surface area (Å²) < 4.78 is 0. The van der Waals surface area contributed by atoms with Crippen LogP contribution >= 0.6 is 0 Å². The predicted molar refractivity (Wildman–Crippen MR) is 109 cm³/mol. The van der Waals surface area contributed by atoms with Crippen LogP contribution in [0.5, 0.6) is 0 Å². The zero-order chi connectivity index (χ0) is 19.7. The van der Waals surface area contributed by atoms with E-state index in [-0.39, 0.29) is 30.8 Å². The van der Waals surface area contributed by atoms with Crippen molar-refractivity contribution in [3.8, 4) is 0 Å². The van der Waals surface area contributed by atoms with Gasteiger partial charge < -0.3 is 15.1 Å². The van der Waals surface area contributed by atoms with Crippen molar-refractivity contribution in [2.75, 3.05) is 28.7 Å². The van der Waals surface area contributed by atoms with Crippen molar-refractivity contribution in [2.24, 2.45) is 0 Å². The van der Waals surface area contributed by atoms with E-state index < -0.39 is 0 Å². The number of nitrogens with one attached hydrogen (secondary N) is 1. The van der Waals surface area contributed by atoms with Gasteiger partial charge >= 0.3 is 0 Å². The number of carbonyl (C=O) groups is 2. The van der Waals surface area contributed by atoms with Gasteiger partial charge in [0.15, 0.2) is 0 Å². The smallest absolute Gasteiger partial charge is 0.246 e. The Morgan fingerprint density at radius 1 is 1.18 bits per heavy atom. The number of hydrogen-bond donors (Lipinski definition) is 1. The van der Waals surface area contributed by atoms with Crippen LogP contribution in [0.25, 0.3) is 11.0 Å². The molecule has 0 aliphatic carbocycles. The van der Waals surface area contributed by atoms with Gasteiger partial charge in [-0.05, 0) is 31.2 Å². The molecule has 1 atom stereocenters. The number of aromatic nitrogens is 2. The van der Waals surface area contributed by atoms with Gasteiger partial charge in [-0.15, -0.1) is 0 Å². The molecular weight excluding hydrogens is 354 g/mol. The molecular formula is C21H21N5O2. The van der Waals surface area contributed by atoms with E-state index >= 15 is 0 Å². The van der Waals surface area contributed by atoms with Crippen LogP contribution in [0, 0.1) is 0 Å². The Morgan fingerprint density at radius 3 is 2.71 bits per heavy atom. The summed E-state index contributed by atoms with van der Waals surface area (Å²) in [6, 6.07) is 14.7. The second kappa shape index (κ2) is 7.26. The Bertz CT molecular complexity index is 1050. The lowest BCUT2D eigenvalue weighted by atomic mass is 10.1. The summed E-state index contributed by atoms with van der Waals surface area (Å²) in [4.78, 5) is 37.8. The van der Waals surface area contributed by atoms with Crippen LogP contribution in [-0.4, -0.2) is 41.4 Å². The van der Waals surface area contributed by atoms with Crippen LogP contribution in [0.3, 0.4) is 0 Å². The van der Waals surface area contributed by atoms with E-state index in [0.717, 1.165) is 11.0 Å². The predicted octanol–water partition coefficient (Wildman–Crippen LogP) is 2.83. The second-order valence-electron chi connectivity index (χ2n) is 6.96. The highest BCUT2D eigenvalue weighted by molar-refractivity contribution is 6.05. The molecule has 1 aliphatic heterocycles. The highest BCUT2D eigenvalue weighted by Crippen LogP contribution is 2.31. The zero-order valence-electron chi connectivity index (χ0n) is 15.8. The molecule has 7 nitrogen and oxygen atoms in total. The fourth-order valence-corrected chi connectivity index (χ4v) is 3.46. The third-order valence-electron chi connectivity index (χ3n) is 4.83. The van der Waals surface area contributed by atoms with E-state index in [1.165, 1.54) is 0 Å². The van der Waals surface area contributed by atoms with E-state index in [1.54, 1.807) is 16.0 Å². The van der Waals surface area contributed by atoms with E-state index in [1.807, 2.05) is 62.5 Å². The highest BCUT2D eigenvalue weighted by atomic mass is 16.2. The molecule has 142 valence electrons. The van der Waals surface area contributed by atoms with E-state index in [0.29, 0.717) is 17.2 Å². The van der Waals surface area contributed by atoms with Gasteiger partial charge in [-0.1, -0.05) is 24.3 Å². The van der Waals surface area contributed by atoms with E-state index in [9.17, 15) is 9.59 Å². The lowest BCUT2D eigenvalue weighted by molar-refractivity contribution is -0.118. The minimum atomic E-state index is -0.243. The molecule has 0 bridgehead atoms. The fraction of sp³-hybridized carbons (Fsp3) is 0.238. The summed E-state index contributed by atoms with van der Waals surface area (Å²) >= 11 is 0. The maximum absolute atomic E-state index is 13.2. The molecule has 0 fully saturated rings. The standard InChI is InChI=1S/C21H21N5O2/c1-14-11-20(27)24-17-9-5-6-10-18(17)26(14)21(28)13-25(2)19-12-22-15-7-3-4-8-16(15)23-19/h3-10,12,14H,11,13H2,1-2H3,(H,24,27). The maximum atomic E-state index is 13.2. The third-order valence-corrected chi connectivity index (χ3v) is 4.83. The molecule has 0 radical (unpaired) electrons. The van der Waals surface area contributed by atoms with Crippen LogP contribution in [-0.2, 0) is 9.59 Å². The molecule has 28 heavy (non-hydrogen) atoms. The molecule has 1 aliphatic rings. The molecule has 1 unspecified atom stereocenters. The lowest BCUT2D eigenvalue weighted by Crippen LogP contribution is -2.44. The first-order valence-electron chi connectivity index (χ1n) is 9.17. The van der Waals surface area contributed by atoms with Gasteiger partial charge in [-0.3, -0.25) is 14.6 Å². The minimum absolute atomic E-state index is 0.0935.